The number of para-hydroxylation sites is 1. The van der Waals surface area contributed by atoms with E-state index in [0.29, 0.717) is 17.9 Å². The second-order valence-corrected chi connectivity index (χ2v) is 6.37. The standard InChI is InChI=1S/C19H16N2O4.ClH/c22-19(23)14-8-12-11-3-1-2-4-13(11)20-18(12)17(21-14)10-5-6-15-16(7-10)25-9-24-15;/h1-7,14,17,20-21H,8-9H2,(H,22,23);1H/t14-,17-;/m0./s1. The summed E-state index contributed by atoms with van der Waals surface area (Å²) in [6, 6.07) is 12.8. The highest BCUT2D eigenvalue weighted by atomic mass is 35.5. The number of aliphatic carboxylic acids is 1. The second kappa shape index (κ2) is 6.23. The van der Waals surface area contributed by atoms with Gasteiger partial charge in [-0.25, -0.2) is 0 Å². The molecule has 0 saturated carbocycles. The Hall–Kier alpha value is -2.70. The maximum absolute atomic E-state index is 11.7. The summed E-state index contributed by atoms with van der Waals surface area (Å²) in [6.07, 6.45) is 0.454. The van der Waals surface area contributed by atoms with Crippen LogP contribution < -0.4 is 14.8 Å². The minimum atomic E-state index is -0.846. The van der Waals surface area contributed by atoms with Crippen LogP contribution in [-0.4, -0.2) is 28.9 Å². The monoisotopic (exact) mass is 372 g/mol. The van der Waals surface area contributed by atoms with Crippen LogP contribution in [0.5, 0.6) is 11.5 Å². The van der Waals surface area contributed by atoms with Gasteiger partial charge in [0.1, 0.15) is 6.04 Å². The molecule has 0 unspecified atom stereocenters. The molecule has 7 heteroatoms. The largest absolute Gasteiger partial charge is 0.480 e. The molecule has 3 aromatic rings. The first kappa shape index (κ1) is 16.8. The normalized spacial score (nSPS) is 20.5. The number of aromatic nitrogens is 1. The van der Waals surface area contributed by atoms with E-state index in [1.165, 1.54) is 0 Å². The molecule has 3 heterocycles. The third kappa shape index (κ3) is 2.50. The van der Waals surface area contributed by atoms with Crippen LogP contribution in [0.2, 0.25) is 0 Å². The number of hydrogen-bond donors (Lipinski definition) is 3. The van der Waals surface area contributed by atoms with E-state index >= 15 is 0 Å². The van der Waals surface area contributed by atoms with Crippen molar-refractivity contribution in [1.82, 2.24) is 10.3 Å². The molecule has 0 bridgehead atoms. The van der Waals surface area contributed by atoms with E-state index < -0.39 is 12.0 Å². The molecule has 6 nitrogen and oxygen atoms in total. The fourth-order valence-electron chi connectivity index (χ4n) is 3.75. The Bertz CT molecular complexity index is 1000. The van der Waals surface area contributed by atoms with E-state index in [1.54, 1.807) is 0 Å². The molecule has 2 aliphatic rings. The molecule has 0 amide bonds. The smallest absolute Gasteiger partial charge is 0.321 e. The summed E-state index contributed by atoms with van der Waals surface area (Å²) in [5.74, 6) is 0.558. The summed E-state index contributed by atoms with van der Waals surface area (Å²) >= 11 is 0. The molecule has 2 aliphatic heterocycles. The molecule has 3 N–H and O–H groups in total. The number of carboxylic acids is 1. The topological polar surface area (TPSA) is 83.6 Å². The van der Waals surface area contributed by atoms with E-state index in [2.05, 4.69) is 10.3 Å². The SMILES string of the molecule is Cl.O=C(O)[C@@H]1Cc2c([nH]c3ccccc23)[C@H](c2ccc3c(c2)OCO3)N1. The Morgan fingerprint density at radius 2 is 1.92 bits per heavy atom. The van der Waals surface area contributed by atoms with Gasteiger partial charge >= 0.3 is 5.97 Å². The lowest BCUT2D eigenvalue weighted by Gasteiger charge is -2.29. The fourth-order valence-corrected chi connectivity index (χ4v) is 3.75. The zero-order valence-corrected chi connectivity index (χ0v) is 14.5. The highest BCUT2D eigenvalue weighted by Gasteiger charge is 2.34. The minimum Gasteiger partial charge on any atom is -0.480 e. The number of rotatable bonds is 2. The number of fused-ring (bicyclic) bond motifs is 4. The van der Waals surface area contributed by atoms with Crippen molar-refractivity contribution in [1.29, 1.82) is 0 Å². The van der Waals surface area contributed by atoms with Gasteiger partial charge in [0.2, 0.25) is 6.79 Å². The van der Waals surface area contributed by atoms with Crippen molar-refractivity contribution in [3.63, 3.8) is 0 Å². The average molecular weight is 373 g/mol. The quantitative estimate of drug-likeness (QED) is 0.644. The summed E-state index contributed by atoms with van der Waals surface area (Å²) in [4.78, 5) is 15.1. The number of carbonyl (C=O) groups is 1. The summed E-state index contributed by atoms with van der Waals surface area (Å²) in [5, 5.41) is 13.9. The van der Waals surface area contributed by atoms with Crippen LogP contribution in [0, 0.1) is 0 Å². The lowest BCUT2D eigenvalue weighted by Crippen LogP contribution is -2.44. The van der Waals surface area contributed by atoms with Crippen molar-refractivity contribution in [2.24, 2.45) is 0 Å². The zero-order chi connectivity index (χ0) is 17.0. The number of hydrogen-bond acceptors (Lipinski definition) is 4. The van der Waals surface area contributed by atoms with Gasteiger partial charge in [0.15, 0.2) is 11.5 Å². The maximum atomic E-state index is 11.7. The van der Waals surface area contributed by atoms with Gasteiger partial charge in [-0.15, -0.1) is 12.4 Å². The van der Waals surface area contributed by atoms with Gasteiger partial charge in [-0.1, -0.05) is 24.3 Å². The molecule has 5 rings (SSSR count). The first-order valence-electron chi connectivity index (χ1n) is 8.18. The van der Waals surface area contributed by atoms with E-state index in [-0.39, 0.29) is 25.2 Å². The van der Waals surface area contributed by atoms with Crippen LogP contribution in [0.3, 0.4) is 0 Å². The van der Waals surface area contributed by atoms with Gasteiger partial charge < -0.3 is 19.6 Å². The van der Waals surface area contributed by atoms with E-state index in [9.17, 15) is 9.90 Å². The van der Waals surface area contributed by atoms with Crippen LogP contribution in [0.1, 0.15) is 22.9 Å². The number of halogens is 1. The number of aromatic amines is 1. The molecule has 2 atom stereocenters. The maximum Gasteiger partial charge on any atom is 0.321 e. The molecule has 1 aromatic heterocycles. The third-order valence-corrected chi connectivity index (χ3v) is 4.94. The number of benzene rings is 2. The highest BCUT2D eigenvalue weighted by Crippen LogP contribution is 2.39. The van der Waals surface area contributed by atoms with Crippen molar-refractivity contribution < 1.29 is 19.4 Å². The first-order chi connectivity index (χ1) is 12.2. The molecular formula is C19H17ClN2O4. The van der Waals surface area contributed by atoms with Crippen molar-refractivity contribution in [2.75, 3.05) is 6.79 Å². The summed E-state index contributed by atoms with van der Waals surface area (Å²) in [5.41, 5.74) is 4.04. The summed E-state index contributed by atoms with van der Waals surface area (Å²) in [7, 11) is 0. The van der Waals surface area contributed by atoms with Crippen LogP contribution in [0.4, 0.5) is 0 Å². The lowest BCUT2D eigenvalue weighted by atomic mass is 9.90. The van der Waals surface area contributed by atoms with E-state index in [0.717, 1.165) is 27.7 Å². The summed E-state index contributed by atoms with van der Waals surface area (Å²) in [6.45, 7) is 0.215. The second-order valence-electron chi connectivity index (χ2n) is 6.37. The fraction of sp³-hybridized carbons (Fsp3) is 0.211. The van der Waals surface area contributed by atoms with Crippen molar-refractivity contribution in [3.8, 4) is 11.5 Å². The number of nitrogens with one attached hydrogen (secondary N) is 2. The van der Waals surface area contributed by atoms with E-state index in [1.807, 2.05) is 42.5 Å². The van der Waals surface area contributed by atoms with E-state index in [4.69, 9.17) is 9.47 Å². The Morgan fingerprint density at radius 1 is 1.12 bits per heavy atom. The van der Waals surface area contributed by atoms with Gasteiger partial charge in [-0.3, -0.25) is 10.1 Å². The number of ether oxygens (including phenoxy) is 2. The molecule has 2 aromatic carbocycles. The van der Waals surface area contributed by atoms with Crippen molar-refractivity contribution >= 4 is 29.3 Å². The predicted molar refractivity (Wildman–Crippen MR) is 98.2 cm³/mol. The Morgan fingerprint density at radius 3 is 2.77 bits per heavy atom. The number of H-pyrrole nitrogens is 1. The van der Waals surface area contributed by atoms with Gasteiger partial charge in [0.05, 0.1) is 6.04 Å². The minimum absolute atomic E-state index is 0. The third-order valence-electron chi connectivity index (χ3n) is 4.94. The van der Waals surface area contributed by atoms with Gasteiger partial charge in [-0.05, 0) is 29.3 Å². The Kier molecular flexibility index (Phi) is 4.01. The molecule has 0 spiro atoms. The molecule has 0 fully saturated rings. The highest BCUT2D eigenvalue weighted by molar-refractivity contribution is 5.87. The van der Waals surface area contributed by atoms with Gasteiger partial charge in [-0.2, -0.15) is 0 Å². The van der Waals surface area contributed by atoms with Crippen molar-refractivity contribution in [3.05, 3.63) is 59.3 Å². The molecule has 0 aliphatic carbocycles. The predicted octanol–water partition coefficient (Wildman–Crippen LogP) is 3.01. The molecule has 0 radical (unpaired) electrons. The van der Waals surface area contributed by atoms with Crippen molar-refractivity contribution in [2.45, 2.75) is 18.5 Å². The molecule has 0 saturated heterocycles. The van der Waals surface area contributed by atoms with Crippen LogP contribution in [0.15, 0.2) is 42.5 Å². The Labute approximate surface area is 155 Å². The molecule has 134 valence electrons. The lowest BCUT2D eigenvalue weighted by molar-refractivity contribution is -0.139. The summed E-state index contributed by atoms with van der Waals surface area (Å²) < 4.78 is 10.8. The average Bonchev–Trinajstić information content (AvgIpc) is 3.24. The zero-order valence-electron chi connectivity index (χ0n) is 13.7. The Balaban J connectivity index is 0.00000168. The van der Waals surface area contributed by atoms with Gasteiger partial charge in [0.25, 0.3) is 0 Å². The number of carboxylic acid groups (broad SMARTS) is 1. The van der Waals surface area contributed by atoms with Gasteiger partial charge in [0, 0.05) is 23.0 Å². The first-order valence-corrected chi connectivity index (χ1v) is 8.18. The molecular weight excluding hydrogens is 356 g/mol. The van der Waals surface area contributed by atoms with Crippen LogP contribution in [0.25, 0.3) is 10.9 Å². The van der Waals surface area contributed by atoms with Crippen LogP contribution in [-0.2, 0) is 11.2 Å². The molecule has 26 heavy (non-hydrogen) atoms. The van der Waals surface area contributed by atoms with Crippen LogP contribution >= 0.6 is 12.4 Å².